The maximum Gasteiger partial charge on any atom is 0.243 e. The van der Waals surface area contributed by atoms with Gasteiger partial charge in [0, 0.05) is 5.56 Å². The van der Waals surface area contributed by atoms with Crippen LogP contribution in [0.5, 0.6) is 5.75 Å². The van der Waals surface area contributed by atoms with Gasteiger partial charge in [-0.1, -0.05) is 53.6 Å². The second-order valence-corrected chi connectivity index (χ2v) is 8.58. The van der Waals surface area contributed by atoms with Crippen LogP contribution in [0.3, 0.4) is 0 Å². The standard InChI is InChI=1S/C22H18ClNO3S/c1-12-5-4-6-13(11-12)16-17-18(25)22(2,14-7-9-15(27-3)10-8-14)21(26)24-20(17)28-19(16)23/h4-11H,1-3H3,(H,24,26). The van der Waals surface area contributed by atoms with Gasteiger partial charge in [-0.3, -0.25) is 9.59 Å². The first kappa shape index (κ1) is 18.7. The Labute approximate surface area is 172 Å². The van der Waals surface area contributed by atoms with Crippen molar-refractivity contribution in [3.8, 4) is 16.9 Å². The summed E-state index contributed by atoms with van der Waals surface area (Å²) >= 11 is 7.73. The van der Waals surface area contributed by atoms with Gasteiger partial charge in [-0.2, -0.15) is 0 Å². The maximum atomic E-state index is 13.7. The number of rotatable bonds is 3. The van der Waals surface area contributed by atoms with Gasteiger partial charge in [0.05, 0.1) is 12.7 Å². The van der Waals surface area contributed by atoms with Crippen molar-refractivity contribution in [1.29, 1.82) is 0 Å². The zero-order chi connectivity index (χ0) is 20.1. The lowest BCUT2D eigenvalue weighted by Crippen LogP contribution is -2.48. The van der Waals surface area contributed by atoms with Gasteiger partial charge < -0.3 is 10.1 Å². The van der Waals surface area contributed by atoms with E-state index in [0.29, 0.717) is 31.8 Å². The zero-order valence-corrected chi connectivity index (χ0v) is 17.2. The number of methoxy groups -OCH3 is 1. The molecule has 0 fully saturated rings. The smallest absolute Gasteiger partial charge is 0.243 e. The van der Waals surface area contributed by atoms with Crippen molar-refractivity contribution >= 4 is 39.6 Å². The molecule has 4 nitrogen and oxygen atoms in total. The van der Waals surface area contributed by atoms with Crippen LogP contribution < -0.4 is 10.1 Å². The predicted molar refractivity (Wildman–Crippen MR) is 113 cm³/mol. The number of hydrogen-bond donors (Lipinski definition) is 1. The lowest BCUT2D eigenvalue weighted by atomic mass is 9.73. The van der Waals surface area contributed by atoms with E-state index >= 15 is 0 Å². The summed E-state index contributed by atoms with van der Waals surface area (Å²) in [7, 11) is 1.57. The van der Waals surface area contributed by atoms with Gasteiger partial charge in [-0.25, -0.2) is 0 Å². The van der Waals surface area contributed by atoms with E-state index in [-0.39, 0.29) is 11.7 Å². The molecule has 28 heavy (non-hydrogen) atoms. The number of nitrogens with one attached hydrogen (secondary N) is 1. The number of amides is 1. The monoisotopic (exact) mass is 411 g/mol. The Morgan fingerprint density at radius 3 is 2.43 bits per heavy atom. The van der Waals surface area contributed by atoms with Crippen molar-refractivity contribution in [2.45, 2.75) is 19.3 Å². The third-order valence-electron chi connectivity index (χ3n) is 5.20. The van der Waals surface area contributed by atoms with E-state index in [4.69, 9.17) is 16.3 Å². The molecule has 1 aliphatic heterocycles. The molecule has 1 atom stereocenters. The zero-order valence-electron chi connectivity index (χ0n) is 15.6. The molecule has 0 bridgehead atoms. The first-order valence-electron chi connectivity index (χ1n) is 8.76. The van der Waals surface area contributed by atoms with Crippen LogP contribution in [0.25, 0.3) is 11.1 Å². The molecule has 0 saturated heterocycles. The number of ketones is 1. The minimum absolute atomic E-state index is 0.254. The van der Waals surface area contributed by atoms with Crippen molar-refractivity contribution in [3.05, 3.63) is 69.6 Å². The van der Waals surface area contributed by atoms with Crippen LogP contribution in [0, 0.1) is 6.92 Å². The molecule has 1 aliphatic rings. The largest absolute Gasteiger partial charge is 0.497 e. The second-order valence-electron chi connectivity index (χ2n) is 6.96. The van der Waals surface area contributed by atoms with Gasteiger partial charge in [0.25, 0.3) is 0 Å². The number of carbonyl (C=O) groups excluding carboxylic acids is 2. The molecule has 1 amide bonds. The van der Waals surface area contributed by atoms with Gasteiger partial charge in [0.1, 0.15) is 20.5 Å². The third-order valence-corrected chi connectivity index (χ3v) is 6.52. The number of thiophene rings is 1. The molecule has 0 radical (unpaired) electrons. The Balaban J connectivity index is 1.89. The molecule has 2 heterocycles. The summed E-state index contributed by atoms with van der Waals surface area (Å²) in [4.78, 5) is 26.6. The van der Waals surface area contributed by atoms with E-state index in [1.807, 2.05) is 31.2 Å². The van der Waals surface area contributed by atoms with Crippen molar-refractivity contribution in [2.75, 3.05) is 12.4 Å². The number of aryl methyl sites for hydroxylation is 1. The summed E-state index contributed by atoms with van der Waals surface area (Å²) in [5.41, 5.74) is 2.35. The van der Waals surface area contributed by atoms with Gasteiger partial charge in [0.2, 0.25) is 5.91 Å². The topological polar surface area (TPSA) is 55.4 Å². The molecule has 142 valence electrons. The van der Waals surface area contributed by atoms with Gasteiger partial charge in [0.15, 0.2) is 5.78 Å². The number of carbonyl (C=O) groups is 2. The average Bonchev–Trinajstić information content (AvgIpc) is 3.02. The van der Waals surface area contributed by atoms with Crippen LogP contribution in [0.2, 0.25) is 4.34 Å². The number of hydrogen-bond acceptors (Lipinski definition) is 4. The van der Waals surface area contributed by atoms with E-state index in [1.54, 1.807) is 38.3 Å². The van der Waals surface area contributed by atoms with E-state index < -0.39 is 5.41 Å². The van der Waals surface area contributed by atoms with Gasteiger partial charge >= 0.3 is 0 Å². The summed E-state index contributed by atoms with van der Waals surface area (Å²) < 4.78 is 5.68. The summed E-state index contributed by atoms with van der Waals surface area (Å²) in [5.74, 6) is 0.0516. The maximum absolute atomic E-state index is 13.7. The third kappa shape index (κ3) is 2.74. The quantitative estimate of drug-likeness (QED) is 0.581. The summed E-state index contributed by atoms with van der Waals surface area (Å²) in [6, 6.07) is 14.8. The van der Waals surface area contributed by atoms with Gasteiger partial charge in [-0.15, -0.1) is 11.3 Å². The van der Waals surface area contributed by atoms with Crippen LogP contribution in [0.15, 0.2) is 48.5 Å². The highest BCUT2D eigenvalue weighted by Gasteiger charge is 2.49. The van der Waals surface area contributed by atoms with E-state index in [0.717, 1.165) is 11.1 Å². The van der Waals surface area contributed by atoms with Crippen molar-refractivity contribution in [2.24, 2.45) is 0 Å². The van der Waals surface area contributed by atoms with Gasteiger partial charge in [-0.05, 0) is 37.1 Å². The first-order valence-corrected chi connectivity index (χ1v) is 9.96. The molecule has 1 N–H and O–H groups in total. The molecule has 2 aromatic carbocycles. The lowest BCUT2D eigenvalue weighted by Gasteiger charge is -2.32. The summed E-state index contributed by atoms with van der Waals surface area (Å²) in [6.07, 6.45) is 0. The van der Waals surface area contributed by atoms with Crippen LogP contribution >= 0.6 is 22.9 Å². The second kappa shape index (κ2) is 6.76. The Morgan fingerprint density at radius 2 is 1.79 bits per heavy atom. The fourth-order valence-corrected chi connectivity index (χ4v) is 4.91. The number of benzene rings is 2. The number of anilines is 1. The first-order chi connectivity index (χ1) is 13.4. The Morgan fingerprint density at radius 1 is 1.07 bits per heavy atom. The minimum Gasteiger partial charge on any atom is -0.497 e. The summed E-state index contributed by atoms with van der Waals surface area (Å²) in [5, 5.41) is 3.40. The van der Waals surface area contributed by atoms with E-state index in [9.17, 15) is 9.59 Å². The molecular weight excluding hydrogens is 394 g/mol. The normalized spacial score (nSPS) is 18.6. The number of Topliss-reactive ketones (excluding diaryl/α,β-unsaturated/α-hetero) is 1. The molecule has 1 unspecified atom stereocenters. The number of halogens is 1. The molecule has 6 heteroatoms. The Bertz CT molecular complexity index is 1100. The lowest BCUT2D eigenvalue weighted by molar-refractivity contribution is -0.119. The van der Waals surface area contributed by atoms with Crippen LogP contribution in [-0.4, -0.2) is 18.8 Å². The highest BCUT2D eigenvalue weighted by atomic mass is 35.5. The van der Waals surface area contributed by atoms with Crippen LogP contribution in [0.4, 0.5) is 5.00 Å². The molecule has 0 spiro atoms. The molecular formula is C22H18ClNO3S. The molecule has 1 aromatic heterocycles. The predicted octanol–water partition coefficient (Wildman–Crippen LogP) is 5.48. The molecule has 3 aromatic rings. The van der Waals surface area contributed by atoms with E-state index in [1.165, 1.54) is 11.3 Å². The van der Waals surface area contributed by atoms with Crippen molar-refractivity contribution < 1.29 is 14.3 Å². The van der Waals surface area contributed by atoms with Crippen LogP contribution in [0.1, 0.15) is 28.4 Å². The Kier molecular flexibility index (Phi) is 4.52. The van der Waals surface area contributed by atoms with E-state index in [2.05, 4.69) is 5.32 Å². The molecule has 4 rings (SSSR count). The van der Waals surface area contributed by atoms with Crippen molar-refractivity contribution in [1.82, 2.24) is 0 Å². The summed E-state index contributed by atoms with van der Waals surface area (Å²) in [6.45, 7) is 3.64. The fraction of sp³-hybridized carbons (Fsp3) is 0.182. The Hall–Kier alpha value is -2.63. The molecule has 0 saturated carbocycles. The average molecular weight is 412 g/mol. The molecule has 0 aliphatic carbocycles. The SMILES string of the molecule is COc1ccc(C2(C)C(=O)Nc3sc(Cl)c(-c4cccc(C)c4)c3C2=O)cc1. The van der Waals surface area contributed by atoms with Crippen molar-refractivity contribution in [3.63, 3.8) is 0 Å². The number of ether oxygens (including phenoxy) is 1. The number of fused-ring (bicyclic) bond motifs is 1. The minimum atomic E-state index is -1.34. The van der Waals surface area contributed by atoms with Crippen LogP contribution in [-0.2, 0) is 10.2 Å². The highest BCUT2D eigenvalue weighted by molar-refractivity contribution is 7.21. The highest BCUT2D eigenvalue weighted by Crippen LogP contribution is 2.49. The fourth-order valence-electron chi connectivity index (χ4n) is 3.53.